The van der Waals surface area contributed by atoms with Gasteiger partial charge in [-0.3, -0.25) is 9.36 Å². The molecule has 4 rings (SSSR count). The zero-order valence-electron chi connectivity index (χ0n) is 15.2. The number of aromatic nitrogens is 3. The molecule has 144 valence electrons. The van der Waals surface area contributed by atoms with Gasteiger partial charge in [0.15, 0.2) is 5.76 Å². The molecule has 0 bridgehead atoms. The minimum absolute atomic E-state index is 0.144. The van der Waals surface area contributed by atoms with Gasteiger partial charge >= 0.3 is 6.03 Å². The third-order valence-corrected chi connectivity index (χ3v) is 4.61. The lowest BCUT2D eigenvalue weighted by Crippen LogP contribution is -2.53. The van der Waals surface area contributed by atoms with Crippen LogP contribution in [0.25, 0.3) is 5.82 Å². The van der Waals surface area contributed by atoms with Gasteiger partial charge in [-0.2, -0.15) is 0 Å². The van der Waals surface area contributed by atoms with E-state index >= 15 is 0 Å². The van der Waals surface area contributed by atoms with E-state index in [1.807, 2.05) is 22.9 Å². The highest BCUT2D eigenvalue weighted by molar-refractivity contribution is 5.91. The number of carbonyl (C=O) groups excluding carboxylic acids is 2. The molecule has 3 aromatic heterocycles. The number of imidazole rings is 1. The van der Waals surface area contributed by atoms with Crippen molar-refractivity contribution >= 4 is 11.9 Å². The third kappa shape index (κ3) is 3.88. The molecule has 0 unspecified atom stereocenters. The second kappa shape index (κ2) is 7.95. The van der Waals surface area contributed by atoms with Crippen LogP contribution in [-0.2, 0) is 6.54 Å². The number of nitrogens with one attached hydrogen (secondary N) is 1. The molecule has 0 saturated carbocycles. The standard InChI is InChI=1S/C19H20N6O3/c26-18(16-2-1-11-28-16)23-7-9-24(10-8-23)19(27)22-13-15-3-4-17(21-12-15)25-6-5-20-14-25/h1-6,11-12,14H,7-10,13H2,(H,22,27). The van der Waals surface area contributed by atoms with Crippen LogP contribution in [0.2, 0.25) is 0 Å². The van der Waals surface area contributed by atoms with Gasteiger partial charge in [-0.1, -0.05) is 6.07 Å². The Hall–Kier alpha value is -3.62. The molecule has 3 aromatic rings. The van der Waals surface area contributed by atoms with Crippen molar-refractivity contribution in [3.8, 4) is 5.82 Å². The van der Waals surface area contributed by atoms with Gasteiger partial charge < -0.3 is 19.5 Å². The van der Waals surface area contributed by atoms with Crippen LogP contribution in [-0.4, -0.2) is 62.5 Å². The summed E-state index contributed by atoms with van der Waals surface area (Å²) in [6.07, 6.45) is 8.40. The van der Waals surface area contributed by atoms with Gasteiger partial charge in [0.1, 0.15) is 12.1 Å². The van der Waals surface area contributed by atoms with Crippen LogP contribution in [0.5, 0.6) is 0 Å². The first kappa shape index (κ1) is 17.8. The summed E-state index contributed by atoms with van der Waals surface area (Å²) in [5, 5.41) is 2.90. The van der Waals surface area contributed by atoms with Gasteiger partial charge in [0.2, 0.25) is 0 Å². The predicted octanol–water partition coefficient (Wildman–Crippen LogP) is 1.53. The number of carbonyl (C=O) groups is 2. The molecule has 4 heterocycles. The molecule has 3 amide bonds. The monoisotopic (exact) mass is 380 g/mol. The number of furan rings is 1. The summed E-state index contributed by atoms with van der Waals surface area (Å²) < 4.78 is 6.96. The van der Waals surface area contributed by atoms with Crippen molar-refractivity contribution in [3.05, 3.63) is 66.8 Å². The smallest absolute Gasteiger partial charge is 0.317 e. The number of piperazine rings is 1. The van der Waals surface area contributed by atoms with Crippen LogP contribution in [0, 0.1) is 0 Å². The molecule has 0 atom stereocenters. The fourth-order valence-corrected chi connectivity index (χ4v) is 3.03. The van der Waals surface area contributed by atoms with Crippen LogP contribution in [0.15, 0.2) is 59.9 Å². The molecule has 1 saturated heterocycles. The predicted molar refractivity (Wildman–Crippen MR) is 99.8 cm³/mol. The quantitative estimate of drug-likeness (QED) is 0.740. The summed E-state index contributed by atoms with van der Waals surface area (Å²) in [5.74, 6) is 0.948. The highest BCUT2D eigenvalue weighted by Gasteiger charge is 2.25. The molecule has 1 fully saturated rings. The molecule has 1 aliphatic rings. The minimum Gasteiger partial charge on any atom is -0.459 e. The minimum atomic E-state index is -0.149. The van der Waals surface area contributed by atoms with Gasteiger partial charge in [0, 0.05) is 51.3 Å². The zero-order valence-corrected chi connectivity index (χ0v) is 15.2. The summed E-state index contributed by atoms with van der Waals surface area (Å²) in [6, 6.07) is 6.98. The van der Waals surface area contributed by atoms with Gasteiger partial charge in [-0.15, -0.1) is 0 Å². The van der Waals surface area contributed by atoms with Gasteiger partial charge in [0.05, 0.1) is 6.26 Å². The van der Waals surface area contributed by atoms with Gasteiger partial charge in [-0.05, 0) is 23.8 Å². The maximum Gasteiger partial charge on any atom is 0.317 e. The van der Waals surface area contributed by atoms with E-state index in [0.29, 0.717) is 38.5 Å². The van der Waals surface area contributed by atoms with Gasteiger partial charge in [0.25, 0.3) is 5.91 Å². The highest BCUT2D eigenvalue weighted by Crippen LogP contribution is 2.10. The first-order valence-electron chi connectivity index (χ1n) is 8.99. The van der Waals surface area contributed by atoms with E-state index in [2.05, 4.69) is 15.3 Å². The van der Waals surface area contributed by atoms with Crippen LogP contribution >= 0.6 is 0 Å². The topological polar surface area (TPSA) is 96.5 Å². The lowest BCUT2D eigenvalue weighted by atomic mass is 10.2. The molecule has 1 N–H and O–H groups in total. The lowest BCUT2D eigenvalue weighted by Gasteiger charge is -2.34. The zero-order chi connectivity index (χ0) is 19.3. The van der Waals surface area contributed by atoms with Crippen molar-refractivity contribution in [3.63, 3.8) is 0 Å². The van der Waals surface area contributed by atoms with E-state index < -0.39 is 0 Å². The maximum absolute atomic E-state index is 12.4. The average Bonchev–Trinajstić information content (AvgIpc) is 3.46. The average molecular weight is 380 g/mol. The summed E-state index contributed by atoms with van der Waals surface area (Å²) in [4.78, 5) is 36.4. The molecular formula is C19H20N6O3. The van der Waals surface area contributed by atoms with Crippen molar-refractivity contribution in [1.29, 1.82) is 0 Å². The van der Waals surface area contributed by atoms with Gasteiger partial charge in [-0.25, -0.2) is 14.8 Å². The van der Waals surface area contributed by atoms with E-state index in [0.717, 1.165) is 11.4 Å². The molecule has 0 aliphatic carbocycles. The SMILES string of the molecule is O=C(NCc1ccc(-n2ccnc2)nc1)N1CCN(C(=O)c2ccco2)CC1. The Labute approximate surface area is 161 Å². The first-order chi connectivity index (χ1) is 13.7. The Bertz CT molecular complexity index is 913. The van der Waals surface area contributed by atoms with Crippen LogP contribution in [0.4, 0.5) is 4.79 Å². The molecule has 9 heteroatoms. The van der Waals surface area contributed by atoms with Crippen molar-refractivity contribution < 1.29 is 14.0 Å². The molecule has 0 radical (unpaired) electrons. The Morgan fingerprint density at radius 1 is 1.11 bits per heavy atom. The second-order valence-electron chi connectivity index (χ2n) is 6.41. The number of rotatable bonds is 4. The number of amides is 3. The second-order valence-corrected chi connectivity index (χ2v) is 6.41. The lowest BCUT2D eigenvalue weighted by molar-refractivity contribution is 0.0634. The molecule has 0 aromatic carbocycles. The Kier molecular flexibility index (Phi) is 5.05. The fourth-order valence-electron chi connectivity index (χ4n) is 3.03. The normalized spacial score (nSPS) is 14.1. The molecule has 9 nitrogen and oxygen atoms in total. The van der Waals surface area contributed by atoms with E-state index in [-0.39, 0.29) is 11.9 Å². The summed E-state index contributed by atoms with van der Waals surface area (Å²) >= 11 is 0. The van der Waals surface area contributed by atoms with Crippen molar-refractivity contribution in [2.24, 2.45) is 0 Å². The maximum atomic E-state index is 12.4. The van der Waals surface area contributed by atoms with E-state index in [4.69, 9.17) is 4.42 Å². The number of hydrogen-bond donors (Lipinski definition) is 1. The van der Waals surface area contributed by atoms with E-state index in [1.54, 1.807) is 40.7 Å². The Balaban J connectivity index is 1.25. The molecule has 1 aliphatic heterocycles. The first-order valence-corrected chi connectivity index (χ1v) is 8.99. The summed E-state index contributed by atoms with van der Waals surface area (Å²) in [6.45, 7) is 2.32. The molecular weight excluding hydrogens is 360 g/mol. The Morgan fingerprint density at radius 3 is 2.57 bits per heavy atom. The fraction of sp³-hybridized carbons (Fsp3) is 0.263. The number of urea groups is 1. The van der Waals surface area contributed by atoms with E-state index in [1.165, 1.54) is 6.26 Å². The summed E-state index contributed by atoms with van der Waals surface area (Å²) in [5.41, 5.74) is 0.906. The highest BCUT2D eigenvalue weighted by atomic mass is 16.3. The van der Waals surface area contributed by atoms with Crippen LogP contribution < -0.4 is 5.32 Å². The van der Waals surface area contributed by atoms with Crippen LogP contribution in [0.3, 0.4) is 0 Å². The van der Waals surface area contributed by atoms with E-state index in [9.17, 15) is 9.59 Å². The van der Waals surface area contributed by atoms with Crippen molar-refractivity contribution in [2.45, 2.75) is 6.54 Å². The third-order valence-electron chi connectivity index (χ3n) is 4.61. The van der Waals surface area contributed by atoms with Crippen LogP contribution in [0.1, 0.15) is 16.1 Å². The molecule has 28 heavy (non-hydrogen) atoms. The van der Waals surface area contributed by atoms with Crippen molar-refractivity contribution in [1.82, 2.24) is 29.7 Å². The largest absolute Gasteiger partial charge is 0.459 e. The number of nitrogens with zero attached hydrogens (tertiary/aromatic N) is 5. The number of hydrogen-bond acceptors (Lipinski definition) is 5. The summed E-state index contributed by atoms with van der Waals surface area (Å²) in [7, 11) is 0. The Morgan fingerprint density at radius 2 is 1.93 bits per heavy atom. The molecule has 0 spiro atoms. The van der Waals surface area contributed by atoms with Crippen molar-refractivity contribution in [2.75, 3.05) is 26.2 Å². The number of pyridine rings is 1.